The quantitative estimate of drug-likeness (QED) is 0.930. The maximum absolute atomic E-state index is 13.6. The van der Waals surface area contributed by atoms with Crippen molar-refractivity contribution in [2.45, 2.75) is 26.3 Å². The summed E-state index contributed by atoms with van der Waals surface area (Å²) in [5.74, 6) is -0.902. The van der Waals surface area contributed by atoms with Crippen LogP contribution in [0, 0.1) is 12.7 Å². The highest BCUT2D eigenvalue weighted by molar-refractivity contribution is 7.09. The van der Waals surface area contributed by atoms with Gasteiger partial charge in [-0.25, -0.2) is 9.37 Å². The minimum atomic E-state index is -0.503. The number of hydrogen-bond acceptors (Lipinski definition) is 3. The van der Waals surface area contributed by atoms with Gasteiger partial charge in [-0.05, 0) is 25.5 Å². The van der Waals surface area contributed by atoms with Crippen LogP contribution >= 0.6 is 11.3 Å². The Bertz CT molecular complexity index is 569. The molecule has 0 fully saturated rings. The number of carbonyl (C=O) groups excluding carboxylic acids is 1. The van der Waals surface area contributed by atoms with E-state index in [9.17, 15) is 9.18 Å². The van der Waals surface area contributed by atoms with E-state index >= 15 is 0 Å². The molecule has 1 aromatic heterocycles. The number of carbonyl (C=O) groups is 1. The first kappa shape index (κ1) is 13.7. The molecule has 0 spiro atoms. The number of benzene rings is 1. The van der Waals surface area contributed by atoms with Crippen LogP contribution in [0.4, 0.5) is 4.39 Å². The molecular weight excluding hydrogens is 263 g/mol. The number of aromatic nitrogens is 1. The molecule has 1 unspecified atom stereocenters. The van der Waals surface area contributed by atoms with Gasteiger partial charge in [0.1, 0.15) is 10.8 Å². The van der Waals surface area contributed by atoms with Crippen LogP contribution in [0.5, 0.6) is 0 Å². The van der Waals surface area contributed by atoms with Gasteiger partial charge in [-0.15, -0.1) is 11.3 Å². The largest absolute Gasteiger partial charge is 0.343 e. The first-order chi connectivity index (χ1) is 9.11. The fourth-order valence-electron chi connectivity index (χ4n) is 1.79. The monoisotopic (exact) mass is 278 g/mol. The molecule has 1 N–H and O–H groups in total. The van der Waals surface area contributed by atoms with E-state index in [0.717, 1.165) is 10.6 Å². The van der Waals surface area contributed by atoms with Crippen molar-refractivity contribution in [2.24, 2.45) is 0 Å². The van der Waals surface area contributed by atoms with Gasteiger partial charge in [-0.3, -0.25) is 4.79 Å². The lowest BCUT2D eigenvalue weighted by molar-refractivity contribution is 0.0931. The molecule has 0 saturated carbocycles. The summed E-state index contributed by atoms with van der Waals surface area (Å²) in [6.07, 6.45) is 2.41. The highest BCUT2D eigenvalue weighted by atomic mass is 32.1. The van der Waals surface area contributed by atoms with Gasteiger partial charge >= 0.3 is 0 Å². The molecule has 1 atom stereocenters. The van der Waals surface area contributed by atoms with Crippen LogP contribution in [-0.2, 0) is 0 Å². The zero-order valence-corrected chi connectivity index (χ0v) is 11.6. The zero-order valence-electron chi connectivity index (χ0n) is 10.8. The van der Waals surface area contributed by atoms with Crippen LogP contribution in [0.15, 0.2) is 29.8 Å². The maximum Gasteiger partial charge on any atom is 0.254 e. The van der Waals surface area contributed by atoms with Crippen LogP contribution < -0.4 is 5.32 Å². The standard InChI is InChI=1S/C14H15FN2OS/c1-3-12(14-16-6-7-19-14)17-13(18)10-8-9(2)4-5-11(10)15/h4-8,12H,3H2,1-2H3,(H,17,18). The first-order valence-electron chi connectivity index (χ1n) is 6.08. The number of halogens is 1. The van der Waals surface area contributed by atoms with Gasteiger partial charge in [0, 0.05) is 11.6 Å². The van der Waals surface area contributed by atoms with E-state index in [2.05, 4.69) is 10.3 Å². The Balaban J connectivity index is 2.18. The van der Waals surface area contributed by atoms with Crippen molar-refractivity contribution in [2.75, 3.05) is 0 Å². The van der Waals surface area contributed by atoms with Gasteiger partial charge in [0.15, 0.2) is 0 Å². The molecule has 0 aliphatic rings. The molecule has 1 heterocycles. The number of rotatable bonds is 4. The summed E-state index contributed by atoms with van der Waals surface area (Å²) in [7, 11) is 0. The summed E-state index contributed by atoms with van der Waals surface area (Å²) in [5.41, 5.74) is 0.934. The van der Waals surface area contributed by atoms with Crippen molar-refractivity contribution in [1.82, 2.24) is 10.3 Å². The SMILES string of the molecule is CCC(NC(=O)c1cc(C)ccc1F)c1nccs1. The second kappa shape index (κ2) is 5.93. The van der Waals surface area contributed by atoms with Crippen LogP contribution in [-0.4, -0.2) is 10.9 Å². The maximum atomic E-state index is 13.6. The van der Waals surface area contributed by atoms with Crippen molar-refractivity contribution < 1.29 is 9.18 Å². The average Bonchev–Trinajstić information content (AvgIpc) is 2.92. The van der Waals surface area contributed by atoms with Gasteiger partial charge in [0.05, 0.1) is 11.6 Å². The van der Waals surface area contributed by atoms with Crippen LogP contribution in [0.3, 0.4) is 0 Å². The highest BCUT2D eigenvalue weighted by Crippen LogP contribution is 2.20. The zero-order chi connectivity index (χ0) is 13.8. The predicted octanol–water partition coefficient (Wildman–Crippen LogP) is 3.47. The van der Waals surface area contributed by atoms with Crippen LogP contribution in [0.1, 0.15) is 40.3 Å². The Hall–Kier alpha value is -1.75. The van der Waals surface area contributed by atoms with Gasteiger partial charge in [0.2, 0.25) is 0 Å². The normalized spacial score (nSPS) is 12.2. The molecule has 0 radical (unpaired) electrons. The van der Waals surface area contributed by atoms with Crippen LogP contribution in [0.25, 0.3) is 0 Å². The molecule has 5 heteroatoms. The second-order valence-electron chi connectivity index (χ2n) is 4.29. The minimum Gasteiger partial charge on any atom is -0.343 e. The molecule has 0 aliphatic carbocycles. The number of thiazole rings is 1. The molecule has 0 bridgehead atoms. The third-order valence-corrected chi connectivity index (χ3v) is 3.72. The molecule has 0 saturated heterocycles. The minimum absolute atomic E-state index is 0.0787. The van der Waals surface area contributed by atoms with Crippen molar-refractivity contribution in [3.05, 3.63) is 51.7 Å². The number of amides is 1. The Kier molecular flexibility index (Phi) is 4.27. The molecule has 2 rings (SSSR count). The summed E-state index contributed by atoms with van der Waals surface area (Å²) in [5, 5.41) is 5.52. The lowest BCUT2D eigenvalue weighted by atomic mass is 10.1. The van der Waals surface area contributed by atoms with Crippen molar-refractivity contribution in [1.29, 1.82) is 0 Å². The Morgan fingerprint density at radius 3 is 2.95 bits per heavy atom. The Labute approximate surface area is 115 Å². The lowest BCUT2D eigenvalue weighted by Gasteiger charge is -2.15. The highest BCUT2D eigenvalue weighted by Gasteiger charge is 2.18. The summed E-state index contributed by atoms with van der Waals surface area (Å²) in [6, 6.07) is 4.34. The second-order valence-corrected chi connectivity index (χ2v) is 5.21. The topological polar surface area (TPSA) is 42.0 Å². The third-order valence-electron chi connectivity index (χ3n) is 2.83. The van der Waals surface area contributed by atoms with Gasteiger partial charge < -0.3 is 5.32 Å². The fraction of sp³-hybridized carbons (Fsp3) is 0.286. The number of nitrogens with one attached hydrogen (secondary N) is 1. The third kappa shape index (κ3) is 3.17. The summed E-state index contributed by atoms with van der Waals surface area (Å²) in [4.78, 5) is 16.3. The summed E-state index contributed by atoms with van der Waals surface area (Å²) >= 11 is 1.48. The average molecular weight is 278 g/mol. The Morgan fingerprint density at radius 2 is 2.32 bits per heavy atom. The van der Waals surface area contributed by atoms with E-state index in [1.165, 1.54) is 17.4 Å². The summed E-state index contributed by atoms with van der Waals surface area (Å²) in [6.45, 7) is 3.79. The van der Waals surface area contributed by atoms with Gasteiger partial charge in [-0.2, -0.15) is 0 Å². The van der Waals surface area contributed by atoms with Crippen molar-refractivity contribution >= 4 is 17.2 Å². The number of hydrogen-bond donors (Lipinski definition) is 1. The van der Waals surface area contributed by atoms with Crippen LogP contribution in [0.2, 0.25) is 0 Å². The molecular formula is C14H15FN2OS. The predicted molar refractivity (Wildman–Crippen MR) is 73.7 cm³/mol. The molecule has 1 amide bonds. The van der Waals surface area contributed by atoms with E-state index in [4.69, 9.17) is 0 Å². The molecule has 19 heavy (non-hydrogen) atoms. The fourth-order valence-corrected chi connectivity index (χ4v) is 2.57. The summed E-state index contributed by atoms with van der Waals surface area (Å²) < 4.78 is 13.6. The van der Waals surface area contributed by atoms with E-state index in [0.29, 0.717) is 6.42 Å². The van der Waals surface area contributed by atoms with E-state index in [-0.39, 0.29) is 11.6 Å². The lowest BCUT2D eigenvalue weighted by Crippen LogP contribution is -2.28. The molecule has 100 valence electrons. The number of nitrogens with zero attached hydrogens (tertiary/aromatic N) is 1. The molecule has 0 aliphatic heterocycles. The first-order valence-corrected chi connectivity index (χ1v) is 6.96. The molecule has 3 nitrogen and oxygen atoms in total. The molecule has 2 aromatic rings. The molecule has 1 aromatic carbocycles. The van der Waals surface area contributed by atoms with Gasteiger partial charge in [0.25, 0.3) is 5.91 Å². The van der Waals surface area contributed by atoms with E-state index in [1.54, 1.807) is 18.3 Å². The van der Waals surface area contributed by atoms with Crippen molar-refractivity contribution in [3.8, 4) is 0 Å². The van der Waals surface area contributed by atoms with Crippen molar-refractivity contribution in [3.63, 3.8) is 0 Å². The van der Waals surface area contributed by atoms with E-state index in [1.807, 2.05) is 19.2 Å². The number of aryl methyl sites for hydroxylation is 1. The van der Waals surface area contributed by atoms with E-state index < -0.39 is 11.7 Å². The van der Waals surface area contributed by atoms with Gasteiger partial charge in [-0.1, -0.05) is 18.6 Å². The smallest absolute Gasteiger partial charge is 0.254 e. The Morgan fingerprint density at radius 1 is 1.53 bits per heavy atom.